The van der Waals surface area contributed by atoms with Gasteiger partial charge in [0.25, 0.3) is 0 Å². The number of anilines is 1. The highest BCUT2D eigenvalue weighted by molar-refractivity contribution is 7.16. The Balaban J connectivity index is 2.05. The van der Waals surface area contributed by atoms with E-state index in [2.05, 4.69) is 4.98 Å². The van der Waals surface area contributed by atoms with Gasteiger partial charge >= 0.3 is 0 Å². The predicted molar refractivity (Wildman–Crippen MR) is 61.6 cm³/mol. The molecule has 1 aliphatic heterocycles. The van der Waals surface area contributed by atoms with Gasteiger partial charge in [0.1, 0.15) is 0 Å². The van der Waals surface area contributed by atoms with Crippen molar-refractivity contribution >= 4 is 38.9 Å². The third-order valence-corrected chi connectivity index (χ3v) is 3.42. The van der Waals surface area contributed by atoms with E-state index >= 15 is 0 Å². The van der Waals surface area contributed by atoms with E-state index in [4.69, 9.17) is 0 Å². The maximum absolute atomic E-state index is 11.5. The highest BCUT2D eigenvalue weighted by atomic mass is 32.1. The van der Waals surface area contributed by atoms with E-state index in [1.54, 1.807) is 16.8 Å². The fraction of sp³-hybridized carbons (Fsp3) is 0.182. The van der Waals surface area contributed by atoms with E-state index < -0.39 is 0 Å². The number of hydrogen-bond donors (Lipinski definition) is 0. The molecule has 0 saturated carbocycles. The standard InChI is InChI=1S/C11H8N2O2S/c14-8-4-11(15)13(5-8)7-1-2-10-9(3-7)12-6-16-10/h1-3,6H,4-5H2. The Kier molecular flexibility index (Phi) is 2.00. The number of carbonyl (C=O) groups excluding carboxylic acids is 2. The van der Waals surface area contributed by atoms with Crippen molar-refractivity contribution in [3.63, 3.8) is 0 Å². The van der Waals surface area contributed by atoms with Gasteiger partial charge in [0, 0.05) is 5.69 Å². The molecule has 2 aromatic rings. The minimum absolute atomic E-state index is 0.0229. The van der Waals surface area contributed by atoms with Crippen LogP contribution >= 0.6 is 11.3 Å². The van der Waals surface area contributed by atoms with Crippen molar-refractivity contribution in [3.05, 3.63) is 23.7 Å². The molecule has 5 heteroatoms. The smallest absolute Gasteiger partial charge is 0.234 e. The predicted octanol–water partition coefficient (Wildman–Crippen LogP) is 1.60. The van der Waals surface area contributed by atoms with Gasteiger partial charge in [0.15, 0.2) is 5.78 Å². The second-order valence-corrected chi connectivity index (χ2v) is 4.59. The number of carbonyl (C=O) groups is 2. The summed E-state index contributed by atoms with van der Waals surface area (Å²) < 4.78 is 1.08. The summed E-state index contributed by atoms with van der Waals surface area (Å²) >= 11 is 1.56. The van der Waals surface area contributed by atoms with Crippen molar-refractivity contribution < 1.29 is 9.59 Å². The summed E-state index contributed by atoms with van der Waals surface area (Å²) in [6.07, 6.45) is 0.0229. The maximum Gasteiger partial charge on any atom is 0.234 e. The van der Waals surface area contributed by atoms with Crippen LogP contribution in [0.15, 0.2) is 23.7 Å². The maximum atomic E-state index is 11.5. The van der Waals surface area contributed by atoms with Gasteiger partial charge in [-0.2, -0.15) is 0 Å². The lowest BCUT2D eigenvalue weighted by Gasteiger charge is -2.14. The van der Waals surface area contributed by atoms with Crippen LogP contribution in [0.5, 0.6) is 0 Å². The van der Waals surface area contributed by atoms with Gasteiger partial charge in [-0.05, 0) is 18.2 Å². The zero-order valence-corrected chi connectivity index (χ0v) is 9.16. The van der Waals surface area contributed by atoms with Crippen LogP contribution in [0.1, 0.15) is 6.42 Å². The number of thiazole rings is 1. The Labute approximate surface area is 95.5 Å². The number of amides is 1. The summed E-state index contributed by atoms with van der Waals surface area (Å²) in [5.74, 6) is -0.150. The highest BCUT2D eigenvalue weighted by Gasteiger charge is 2.28. The lowest BCUT2D eigenvalue weighted by atomic mass is 10.3. The first-order valence-electron chi connectivity index (χ1n) is 4.89. The number of nitrogens with zero attached hydrogens (tertiary/aromatic N) is 2. The largest absolute Gasteiger partial charge is 0.305 e. The molecule has 1 amide bonds. The molecule has 4 nitrogen and oxygen atoms in total. The zero-order chi connectivity index (χ0) is 11.1. The number of Topliss-reactive ketones (excluding diaryl/α,β-unsaturated/α-hetero) is 1. The van der Waals surface area contributed by atoms with Gasteiger partial charge in [-0.15, -0.1) is 11.3 Å². The van der Waals surface area contributed by atoms with E-state index in [0.717, 1.165) is 15.9 Å². The van der Waals surface area contributed by atoms with Gasteiger partial charge in [-0.25, -0.2) is 4.98 Å². The quantitative estimate of drug-likeness (QED) is 0.702. The van der Waals surface area contributed by atoms with Crippen molar-refractivity contribution in [1.82, 2.24) is 4.98 Å². The van der Waals surface area contributed by atoms with E-state index in [1.165, 1.54) is 4.90 Å². The van der Waals surface area contributed by atoms with Crippen LogP contribution in [0, 0.1) is 0 Å². The molecule has 0 atom stereocenters. The van der Waals surface area contributed by atoms with Crippen LogP contribution in [-0.4, -0.2) is 23.2 Å². The molecule has 80 valence electrons. The van der Waals surface area contributed by atoms with E-state index in [1.807, 2.05) is 18.2 Å². The molecule has 0 bridgehead atoms. The summed E-state index contributed by atoms with van der Waals surface area (Å²) in [7, 11) is 0. The van der Waals surface area contributed by atoms with Crippen molar-refractivity contribution in [2.24, 2.45) is 0 Å². The monoisotopic (exact) mass is 232 g/mol. The SMILES string of the molecule is O=C1CC(=O)N(c2ccc3scnc3c2)C1. The molecular weight excluding hydrogens is 224 g/mol. The Morgan fingerprint density at radius 2 is 2.19 bits per heavy atom. The van der Waals surface area contributed by atoms with Crippen LogP contribution in [0.3, 0.4) is 0 Å². The summed E-state index contributed by atoms with van der Waals surface area (Å²) in [6.45, 7) is 0.189. The number of aromatic nitrogens is 1. The summed E-state index contributed by atoms with van der Waals surface area (Å²) in [5.41, 5.74) is 3.40. The molecular formula is C11H8N2O2S. The average Bonchev–Trinajstić information content (AvgIpc) is 2.83. The summed E-state index contributed by atoms with van der Waals surface area (Å²) in [5, 5.41) is 0. The molecule has 0 N–H and O–H groups in total. The van der Waals surface area contributed by atoms with Crippen LogP contribution in [0.25, 0.3) is 10.2 Å². The number of ketones is 1. The fourth-order valence-corrected chi connectivity index (χ4v) is 2.49. The van der Waals surface area contributed by atoms with Crippen LogP contribution < -0.4 is 4.90 Å². The molecule has 16 heavy (non-hydrogen) atoms. The Hall–Kier alpha value is -1.75. The lowest BCUT2D eigenvalue weighted by molar-refractivity contribution is -0.121. The van der Waals surface area contributed by atoms with Gasteiger partial charge in [-0.3, -0.25) is 9.59 Å². The number of benzene rings is 1. The van der Waals surface area contributed by atoms with Crippen LogP contribution in [0.4, 0.5) is 5.69 Å². The third-order valence-electron chi connectivity index (χ3n) is 2.61. The molecule has 1 aliphatic rings. The van der Waals surface area contributed by atoms with E-state index in [-0.39, 0.29) is 24.7 Å². The van der Waals surface area contributed by atoms with Gasteiger partial charge in [0.05, 0.1) is 28.7 Å². The van der Waals surface area contributed by atoms with E-state index in [9.17, 15) is 9.59 Å². The number of rotatable bonds is 1. The first kappa shape index (κ1) is 9.47. The molecule has 1 aromatic heterocycles. The summed E-state index contributed by atoms with van der Waals surface area (Å²) in [4.78, 5) is 28.4. The van der Waals surface area contributed by atoms with Crippen molar-refractivity contribution in [2.45, 2.75) is 6.42 Å². The van der Waals surface area contributed by atoms with Crippen molar-refractivity contribution in [3.8, 4) is 0 Å². The first-order chi connectivity index (χ1) is 7.74. The van der Waals surface area contributed by atoms with Gasteiger partial charge in [0.2, 0.25) is 5.91 Å². The minimum atomic E-state index is -0.125. The van der Waals surface area contributed by atoms with E-state index in [0.29, 0.717) is 0 Å². The molecule has 1 saturated heterocycles. The highest BCUT2D eigenvalue weighted by Crippen LogP contribution is 2.26. The van der Waals surface area contributed by atoms with Gasteiger partial charge < -0.3 is 4.90 Å². The van der Waals surface area contributed by atoms with Crippen molar-refractivity contribution in [2.75, 3.05) is 11.4 Å². The first-order valence-corrected chi connectivity index (χ1v) is 5.77. The van der Waals surface area contributed by atoms with Crippen LogP contribution in [0.2, 0.25) is 0 Å². The fourth-order valence-electron chi connectivity index (χ4n) is 1.83. The Morgan fingerprint density at radius 1 is 1.31 bits per heavy atom. The molecule has 0 unspecified atom stereocenters. The Morgan fingerprint density at radius 3 is 2.94 bits per heavy atom. The normalized spacial score (nSPS) is 16.4. The number of hydrogen-bond acceptors (Lipinski definition) is 4. The second kappa shape index (κ2) is 3.38. The number of fused-ring (bicyclic) bond motifs is 1. The topological polar surface area (TPSA) is 50.3 Å². The molecule has 2 heterocycles. The molecule has 1 aromatic carbocycles. The minimum Gasteiger partial charge on any atom is -0.305 e. The Bertz CT molecular complexity index is 590. The zero-order valence-electron chi connectivity index (χ0n) is 8.34. The molecule has 0 aliphatic carbocycles. The third kappa shape index (κ3) is 1.40. The molecule has 0 spiro atoms. The molecule has 3 rings (SSSR count). The van der Waals surface area contributed by atoms with Crippen LogP contribution in [-0.2, 0) is 9.59 Å². The summed E-state index contributed by atoms with van der Waals surface area (Å²) in [6, 6.07) is 5.64. The molecule has 1 fully saturated rings. The van der Waals surface area contributed by atoms with Gasteiger partial charge in [-0.1, -0.05) is 0 Å². The second-order valence-electron chi connectivity index (χ2n) is 3.70. The van der Waals surface area contributed by atoms with Crippen molar-refractivity contribution in [1.29, 1.82) is 0 Å². The average molecular weight is 232 g/mol. The molecule has 0 radical (unpaired) electrons. The lowest BCUT2D eigenvalue weighted by Crippen LogP contribution is -2.24.